The molecule has 148 valence electrons. The maximum atomic E-state index is 12.4. The molecule has 0 saturated heterocycles. The van der Waals surface area contributed by atoms with Gasteiger partial charge in [0, 0.05) is 33.6 Å². The lowest BCUT2D eigenvalue weighted by Gasteiger charge is -2.13. The smallest absolute Gasteiger partial charge is 0.234 e. The lowest BCUT2D eigenvalue weighted by atomic mass is 10.2. The minimum Gasteiger partial charge on any atom is -0.497 e. The number of anilines is 1. The molecule has 1 N–H and O–H groups in total. The van der Waals surface area contributed by atoms with E-state index in [4.69, 9.17) is 4.74 Å². The summed E-state index contributed by atoms with van der Waals surface area (Å²) in [6, 6.07) is 9.66. The van der Waals surface area contributed by atoms with Crippen molar-refractivity contribution in [2.45, 2.75) is 38.4 Å². The quantitative estimate of drug-likeness (QED) is 0.530. The predicted molar refractivity (Wildman–Crippen MR) is 115 cm³/mol. The van der Waals surface area contributed by atoms with Crippen molar-refractivity contribution >= 4 is 34.7 Å². The van der Waals surface area contributed by atoms with E-state index in [1.54, 1.807) is 24.5 Å². The molecule has 0 aliphatic heterocycles. The molecule has 8 heteroatoms. The lowest BCUT2D eigenvalue weighted by Crippen LogP contribution is -2.15. The fraction of sp³-hybridized carbons (Fsp3) is 0.350. The van der Waals surface area contributed by atoms with Gasteiger partial charge in [0.15, 0.2) is 11.0 Å². The van der Waals surface area contributed by atoms with Crippen LogP contribution in [0.3, 0.4) is 0 Å². The number of thiophene rings is 1. The van der Waals surface area contributed by atoms with Gasteiger partial charge in [0.1, 0.15) is 5.75 Å². The number of rotatable bonds is 8. The first-order chi connectivity index (χ1) is 13.5. The maximum Gasteiger partial charge on any atom is 0.234 e. The minimum absolute atomic E-state index is 0.0955. The van der Waals surface area contributed by atoms with Gasteiger partial charge in [-0.15, -0.1) is 21.5 Å². The first-order valence-corrected chi connectivity index (χ1v) is 11.0. The van der Waals surface area contributed by atoms with Crippen LogP contribution in [0.1, 0.15) is 31.7 Å². The monoisotopic (exact) mass is 416 g/mol. The van der Waals surface area contributed by atoms with E-state index in [0.717, 1.165) is 23.0 Å². The van der Waals surface area contributed by atoms with E-state index in [0.29, 0.717) is 11.4 Å². The van der Waals surface area contributed by atoms with Gasteiger partial charge < -0.3 is 10.1 Å². The molecule has 6 nitrogen and oxygen atoms in total. The summed E-state index contributed by atoms with van der Waals surface area (Å²) in [6.45, 7) is 6.34. The number of carbonyl (C=O) groups excluding carboxylic acids is 1. The largest absolute Gasteiger partial charge is 0.497 e. The number of benzene rings is 1. The molecular weight excluding hydrogens is 392 g/mol. The number of carbonyl (C=O) groups is 1. The molecule has 3 rings (SSSR count). The van der Waals surface area contributed by atoms with Gasteiger partial charge in [-0.3, -0.25) is 9.36 Å². The molecule has 2 heterocycles. The average molecular weight is 417 g/mol. The number of thioether (sulfide) groups is 1. The first kappa shape index (κ1) is 20.4. The van der Waals surface area contributed by atoms with Crippen LogP contribution in [0.5, 0.6) is 5.75 Å². The second kappa shape index (κ2) is 9.25. The average Bonchev–Trinajstić information content (AvgIpc) is 3.33. The number of ether oxygens (including phenoxy) is 1. The van der Waals surface area contributed by atoms with Crippen LogP contribution >= 0.6 is 23.1 Å². The summed E-state index contributed by atoms with van der Waals surface area (Å²) < 4.78 is 7.27. The molecule has 0 radical (unpaired) electrons. The fourth-order valence-electron chi connectivity index (χ4n) is 2.75. The second-order valence-electron chi connectivity index (χ2n) is 6.49. The van der Waals surface area contributed by atoms with Crippen molar-refractivity contribution < 1.29 is 9.53 Å². The van der Waals surface area contributed by atoms with Gasteiger partial charge in [0.05, 0.1) is 12.9 Å². The molecule has 0 fully saturated rings. The van der Waals surface area contributed by atoms with Gasteiger partial charge in [0.2, 0.25) is 5.91 Å². The van der Waals surface area contributed by atoms with Gasteiger partial charge in [-0.05, 0) is 38.5 Å². The molecule has 0 atom stereocenters. The fourth-order valence-corrected chi connectivity index (χ4v) is 4.43. The number of amides is 1. The molecule has 0 aliphatic carbocycles. The zero-order valence-corrected chi connectivity index (χ0v) is 18.1. The van der Waals surface area contributed by atoms with Gasteiger partial charge in [-0.1, -0.05) is 24.8 Å². The van der Waals surface area contributed by atoms with E-state index in [9.17, 15) is 4.79 Å². The standard InChI is InChI=1S/C20H24N4O2S2/c1-5-17-9-14(11-27-17)19-22-23-20(24(19)13(2)3)28-12-18(25)21-15-7-6-8-16(10-15)26-4/h6-11,13H,5,12H2,1-4H3,(H,21,25). The normalized spacial score (nSPS) is 11.0. The topological polar surface area (TPSA) is 69.0 Å². The van der Waals surface area contributed by atoms with Crippen LogP contribution in [0.15, 0.2) is 40.9 Å². The van der Waals surface area contributed by atoms with E-state index in [-0.39, 0.29) is 17.7 Å². The highest BCUT2D eigenvalue weighted by Gasteiger charge is 2.18. The zero-order valence-electron chi connectivity index (χ0n) is 16.4. The number of aryl methyl sites for hydroxylation is 1. The van der Waals surface area contributed by atoms with Gasteiger partial charge in [-0.2, -0.15) is 0 Å². The van der Waals surface area contributed by atoms with E-state index in [1.165, 1.54) is 16.6 Å². The summed E-state index contributed by atoms with van der Waals surface area (Å²) in [4.78, 5) is 13.7. The van der Waals surface area contributed by atoms with Crippen molar-refractivity contribution in [2.75, 3.05) is 18.2 Å². The second-order valence-corrected chi connectivity index (χ2v) is 8.43. The molecule has 0 bridgehead atoms. The Balaban J connectivity index is 1.70. The van der Waals surface area contributed by atoms with Crippen LogP contribution in [-0.4, -0.2) is 33.5 Å². The van der Waals surface area contributed by atoms with Crippen molar-refractivity contribution in [2.24, 2.45) is 0 Å². The van der Waals surface area contributed by atoms with Crippen LogP contribution in [0.2, 0.25) is 0 Å². The molecule has 1 amide bonds. The molecular formula is C20H24N4O2S2. The first-order valence-electron chi connectivity index (χ1n) is 9.11. The SMILES string of the molecule is CCc1cc(-c2nnc(SCC(=O)Nc3cccc(OC)c3)n2C(C)C)cs1. The third-order valence-electron chi connectivity index (χ3n) is 4.13. The van der Waals surface area contributed by atoms with Crippen molar-refractivity contribution in [1.29, 1.82) is 0 Å². The number of nitrogens with one attached hydrogen (secondary N) is 1. The molecule has 0 aliphatic rings. The van der Waals surface area contributed by atoms with Crippen molar-refractivity contribution in [1.82, 2.24) is 14.8 Å². The number of aromatic nitrogens is 3. The van der Waals surface area contributed by atoms with Crippen molar-refractivity contribution in [3.63, 3.8) is 0 Å². The Bertz CT molecular complexity index is 949. The van der Waals surface area contributed by atoms with Crippen LogP contribution in [-0.2, 0) is 11.2 Å². The third kappa shape index (κ3) is 4.74. The summed E-state index contributed by atoms with van der Waals surface area (Å²) in [5, 5.41) is 14.5. The molecule has 0 spiro atoms. The predicted octanol–water partition coefficient (Wildman–Crippen LogP) is 4.89. The van der Waals surface area contributed by atoms with E-state index >= 15 is 0 Å². The van der Waals surface area contributed by atoms with Crippen molar-refractivity contribution in [3.8, 4) is 17.1 Å². The number of methoxy groups -OCH3 is 1. The Hall–Kier alpha value is -2.32. The molecule has 2 aromatic heterocycles. The van der Waals surface area contributed by atoms with Gasteiger partial charge in [0.25, 0.3) is 0 Å². The highest BCUT2D eigenvalue weighted by atomic mass is 32.2. The Kier molecular flexibility index (Phi) is 6.74. The number of hydrogen-bond acceptors (Lipinski definition) is 6. The number of hydrogen-bond donors (Lipinski definition) is 1. The Morgan fingerprint density at radius 2 is 2.14 bits per heavy atom. The zero-order chi connectivity index (χ0) is 20.1. The summed E-state index contributed by atoms with van der Waals surface area (Å²) in [5.41, 5.74) is 1.79. The highest BCUT2D eigenvalue weighted by Crippen LogP contribution is 2.30. The van der Waals surface area contributed by atoms with Crippen molar-refractivity contribution in [3.05, 3.63) is 40.6 Å². The lowest BCUT2D eigenvalue weighted by molar-refractivity contribution is -0.113. The minimum atomic E-state index is -0.0955. The molecule has 0 unspecified atom stereocenters. The summed E-state index contributed by atoms with van der Waals surface area (Å²) in [6.07, 6.45) is 1.01. The van der Waals surface area contributed by atoms with E-state index < -0.39 is 0 Å². The van der Waals surface area contributed by atoms with Crippen LogP contribution in [0.25, 0.3) is 11.4 Å². The van der Waals surface area contributed by atoms with E-state index in [2.05, 4.69) is 52.3 Å². The van der Waals surface area contributed by atoms with Crippen LogP contribution in [0.4, 0.5) is 5.69 Å². The van der Waals surface area contributed by atoms with Gasteiger partial charge in [-0.25, -0.2) is 0 Å². The summed E-state index contributed by atoms with van der Waals surface area (Å²) in [7, 11) is 1.60. The molecule has 1 aromatic carbocycles. The summed E-state index contributed by atoms with van der Waals surface area (Å²) in [5.74, 6) is 1.71. The van der Waals surface area contributed by atoms with Crippen LogP contribution < -0.4 is 10.1 Å². The third-order valence-corrected chi connectivity index (χ3v) is 6.15. The Morgan fingerprint density at radius 1 is 1.32 bits per heavy atom. The summed E-state index contributed by atoms with van der Waals surface area (Å²) >= 11 is 3.12. The molecule has 28 heavy (non-hydrogen) atoms. The van der Waals surface area contributed by atoms with E-state index in [1.807, 2.05) is 18.2 Å². The Labute approximate surface area is 173 Å². The molecule has 3 aromatic rings. The van der Waals surface area contributed by atoms with Crippen LogP contribution in [0, 0.1) is 0 Å². The maximum absolute atomic E-state index is 12.4. The highest BCUT2D eigenvalue weighted by molar-refractivity contribution is 7.99. The molecule has 0 saturated carbocycles. The van der Waals surface area contributed by atoms with Gasteiger partial charge >= 0.3 is 0 Å². The number of nitrogens with zero attached hydrogens (tertiary/aromatic N) is 3. The Morgan fingerprint density at radius 3 is 2.82 bits per heavy atom.